The molecule has 4 bridgehead atoms. The number of phenolic OH excluding ortho intramolecular Hbond substituents is 1. The molecule has 4 nitrogen and oxygen atoms in total. The topological polar surface area (TPSA) is 47.9 Å². The Kier molecular flexibility index (Phi) is 4.88. The van der Waals surface area contributed by atoms with E-state index in [1.165, 1.54) is 54.4 Å². The lowest BCUT2D eigenvalue weighted by Crippen LogP contribution is -2.79. The van der Waals surface area contributed by atoms with Gasteiger partial charge in [-0.05, 0) is 91.7 Å². The van der Waals surface area contributed by atoms with E-state index < -0.39 is 0 Å². The van der Waals surface area contributed by atoms with Gasteiger partial charge in [-0.2, -0.15) is 0 Å². The monoisotopic (exact) mass is 514 g/mol. The minimum absolute atomic E-state index is 0.0502. The first-order valence-electron chi connectivity index (χ1n) is 15.1. The Bertz CT molecular complexity index is 1280. The number of hydrogen-bond acceptors (Lipinski definition) is 4. The molecule has 1 N–H and O–H groups in total. The highest BCUT2D eigenvalue weighted by Crippen LogP contribution is 2.81. The van der Waals surface area contributed by atoms with Crippen LogP contribution in [0, 0.1) is 35.5 Å². The quantitative estimate of drug-likeness (QED) is 0.438. The largest absolute Gasteiger partial charge is 0.504 e. The van der Waals surface area contributed by atoms with Crippen LogP contribution in [0.3, 0.4) is 0 Å². The van der Waals surface area contributed by atoms with Crippen molar-refractivity contribution in [3.8, 4) is 11.5 Å². The summed E-state index contributed by atoms with van der Waals surface area (Å²) < 4.78 is 20.1. The smallest absolute Gasteiger partial charge is 0.165 e. The van der Waals surface area contributed by atoms with Gasteiger partial charge in [0.05, 0.1) is 13.2 Å². The van der Waals surface area contributed by atoms with E-state index in [4.69, 9.17) is 14.2 Å². The number of benzene rings is 2. The highest BCUT2D eigenvalue weighted by molar-refractivity contribution is 5.63. The van der Waals surface area contributed by atoms with Crippen LogP contribution in [0.15, 0.2) is 36.4 Å². The van der Waals surface area contributed by atoms with Crippen LogP contribution in [0.2, 0.25) is 0 Å². The number of methoxy groups -OCH3 is 1. The normalized spacial score (nSPS) is 41.6. The van der Waals surface area contributed by atoms with Gasteiger partial charge in [0.2, 0.25) is 0 Å². The number of phenols is 1. The number of rotatable bonds is 7. The fourth-order valence-corrected chi connectivity index (χ4v) is 10.8. The Morgan fingerprint density at radius 1 is 1.03 bits per heavy atom. The summed E-state index contributed by atoms with van der Waals surface area (Å²) in [6.45, 7) is 6.08. The Morgan fingerprint density at radius 3 is 2.61 bits per heavy atom. The summed E-state index contributed by atoms with van der Waals surface area (Å²) in [6.07, 6.45) is 11.1. The Balaban J connectivity index is 1.21. The van der Waals surface area contributed by atoms with Crippen LogP contribution in [0.25, 0.3) is 0 Å². The molecule has 202 valence electrons. The average Bonchev–Trinajstić information content (AvgIpc) is 3.64. The highest BCUT2D eigenvalue weighted by Gasteiger charge is 2.81. The molecule has 2 spiro atoms. The summed E-state index contributed by atoms with van der Waals surface area (Å²) in [4.78, 5) is 0. The maximum absolute atomic E-state index is 11.0. The van der Waals surface area contributed by atoms with Crippen molar-refractivity contribution in [3.05, 3.63) is 58.7 Å². The zero-order valence-electron chi connectivity index (χ0n) is 23.2. The second-order valence-electron chi connectivity index (χ2n) is 14.2. The molecule has 38 heavy (non-hydrogen) atoms. The average molecular weight is 515 g/mol. The van der Waals surface area contributed by atoms with Crippen LogP contribution in [-0.4, -0.2) is 30.5 Å². The summed E-state index contributed by atoms with van der Waals surface area (Å²) in [7, 11) is 1.90. The first-order chi connectivity index (χ1) is 18.4. The van der Waals surface area contributed by atoms with Crippen LogP contribution in [0.1, 0.15) is 80.5 Å². The van der Waals surface area contributed by atoms with Crippen LogP contribution in [0.4, 0.5) is 0 Å². The third-order valence-corrected chi connectivity index (χ3v) is 12.5. The zero-order chi connectivity index (χ0) is 25.9. The lowest BCUT2D eigenvalue weighted by atomic mass is 9.29. The van der Waals surface area contributed by atoms with Gasteiger partial charge in [0.15, 0.2) is 11.5 Å². The van der Waals surface area contributed by atoms with Gasteiger partial charge in [-0.3, -0.25) is 0 Å². The Morgan fingerprint density at radius 2 is 1.84 bits per heavy atom. The predicted molar refractivity (Wildman–Crippen MR) is 146 cm³/mol. The number of aryl methyl sites for hydroxylation is 1. The molecule has 2 aromatic carbocycles. The summed E-state index contributed by atoms with van der Waals surface area (Å²) in [5.74, 6) is 2.94. The summed E-state index contributed by atoms with van der Waals surface area (Å²) in [6, 6.07) is 12.8. The van der Waals surface area contributed by atoms with Crippen molar-refractivity contribution >= 4 is 0 Å². The molecular formula is C34H42O4. The molecule has 5 fully saturated rings. The van der Waals surface area contributed by atoms with E-state index in [1.54, 1.807) is 0 Å². The fraction of sp³-hybridized carbons (Fsp3) is 0.647. The van der Waals surface area contributed by atoms with Gasteiger partial charge >= 0.3 is 0 Å². The number of aromatic hydroxyl groups is 1. The lowest BCUT2D eigenvalue weighted by Gasteiger charge is -2.75. The molecule has 0 amide bonds. The van der Waals surface area contributed by atoms with Crippen LogP contribution in [-0.2, 0) is 27.9 Å². The third-order valence-electron chi connectivity index (χ3n) is 12.5. The molecule has 0 radical (unpaired) electrons. The van der Waals surface area contributed by atoms with Gasteiger partial charge in [-0.15, -0.1) is 0 Å². The van der Waals surface area contributed by atoms with E-state index in [2.05, 4.69) is 44.2 Å². The molecule has 9 rings (SSSR count). The van der Waals surface area contributed by atoms with E-state index in [0.717, 1.165) is 37.4 Å². The van der Waals surface area contributed by atoms with Crippen molar-refractivity contribution in [2.24, 2.45) is 28.6 Å². The third kappa shape index (κ3) is 2.84. The van der Waals surface area contributed by atoms with E-state index in [1.807, 2.05) is 13.2 Å². The summed E-state index contributed by atoms with van der Waals surface area (Å²) >= 11 is 0. The molecule has 4 heteroatoms. The van der Waals surface area contributed by atoms with Crippen LogP contribution >= 0.6 is 0 Å². The van der Waals surface area contributed by atoms with E-state index >= 15 is 0 Å². The van der Waals surface area contributed by atoms with Crippen molar-refractivity contribution in [1.29, 1.82) is 0 Å². The maximum Gasteiger partial charge on any atom is 0.165 e. The molecule has 6 aliphatic carbocycles. The van der Waals surface area contributed by atoms with Crippen LogP contribution < -0.4 is 4.74 Å². The van der Waals surface area contributed by atoms with Gasteiger partial charge in [-0.25, -0.2) is 0 Å². The van der Waals surface area contributed by atoms with Gasteiger partial charge in [0.1, 0.15) is 11.7 Å². The second-order valence-corrected chi connectivity index (χ2v) is 14.2. The number of hydrogen-bond donors (Lipinski definition) is 1. The molecule has 5 saturated carbocycles. The molecule has 7 atom stereocenters. The highest BCUT2D eigenvalue weighted by atomic mass is 16.6. The lowest BCUT2D eigenvalue weighted by molar-refractivity contribution is -0.294. The van der Waals surface area contributed by atoms with Gasteiger partial charge in [-0.1, -0.05) is 55.7 Å². The van der Waals surface area contributed by atoms with Crippen molar-refractivity contribution in [2.45, 2.75) is 95.4 Å². The van der Waals surface area contributed by atoms with Gasteiger partial charge in [0.25, 0.3) is 0 Å². The van der Waals surface area contributed by atoms with Gasteiger partial charge < -0.3 is 19.3 Å². The molecule has 1 aliphatic heterocycles. The van der Waals surface area contributed by atoms with Crippen molar-refractivity contribution < 1.29 is 19.3 Å². The number of ether oxygens (including phenoxy) is 3. The van der Waals surface area contributed by atoms with Crippen molar-refractivity contribution in [2.75, 3.05) is 13.7 Å². The van der Waals surface area contributed by atoms with Crippen molar-refractivity contribution in [3.63, 3.8) is 0 Å². The first kappa shape index (κ1) is 23.8. The van der Waals surface area contributed by atoms with E-state index in [-0.39, 0.29) is 28.5 Å². The summed E-state index contributed by atoms with van der Waals surface area (Å²) in [5.41, 5.74) is 5.41. The molecule has 0 saturated heterocycles. The summed E-state index contributed by atoms with van der Waals surface area (Å²) in [5, 5.41) is 11.0. The van der Waals surface area contributed by atoms with E-state index in [9.17, 15) is 5.11 Å². The van der Waals surface area contributed by atoms with Gasteiger partial charge in [0, 0.05) is 24.0 Å². The minimum Gasteiger partial charge on any atom is -0.504 e. The fourth-order valence-electron chi connectivity index (χ4n) is 10.8. The number of fused-ring (bicyclic) bond motifs is 2. The van der Waals surface area contributed by atoms with E-state index in [0.29, 0.717) is 30.3 Å². The standard InChI is InChI=1S/C34H42O4/c1-21-4-6-23(7-5-21)19-37-20-25-18-32-13-15-34(25,36-3)30-33(32)14-12-31(2,17-22-8-9-22)27(32)16-24-10-11-26(35)29(38-30)28(24)33/h4-7,10-11,22,25,27,30,35H,8-9,12-20H2,1-3H3/t25-,27+,30-,31?,32-,33+,34-/m1/s1. The molecule has 0 aromatic heterocycles. The first-order valence-corrected chi connectivity index (χ1v) is 15.1. The zero-order valence-corrected chi connectivity index (χ0v) is 23.2. The molecular weight excluding hydrogens is 472 g/mol. The molecule has 1 heterocycles. The van der Waals surface area contributed by atoms with Crippen LogP contribution in [0.5, 0.6) is 11.5 Å². The SMILES string of the molecule is CO[C@]12CC[C@@]3(C[C@@H]1COCc1ccc(C)cc1)[C@H]1Cc4ccc(O)c5c4[C@@]3(CCC1(C)CC1CC1)[C@H]2O5. The molecule has 7 aliphatic rings. The molecule has 1 unspecified atom stereocenters. The minimum atomic E-state index is -0.385. The maximum atomic E-state index is 11.0. The molecule has 2 aromatic rings. The predicted octanol–water partition coefficient (Wildman–Crippen LogP) is 6.87. The Labute approximate surface area is 227 Å². The second kappa shape index (κ2) is 7.79. The Hall–Kier alpha value is -2.04. The van der Waals surface area contributed by atoms with Crippen molar-refractivity contribution in [1.82, 2.24) is 0 Å².